The number of amides is 1. The summed E-state index contributed by atoms with van der Waals surface area (Å²) >= 11 is 3.36. The Morgan fingerprint density at radius 1 is 1.42 bits per heavy atom. The molecule has 0 radical (unpaired) electrons. The Morgan fingerprint density at radius 3 is 2.79 bits per heavy atom. The maximum atomic E-state index is 11.9. The quantitative estimate of drug-likeness (QED) is 0.869. The van der Waals surface area contributed by atoms with Crippen LogP contribution in [0.25, 0.3) is 0 Å². The number of halogens is 1. The number of rotatable bonds is 4. The number of likely N-dealkylation sites (N-methyl/N-ethyl adjacent to an activating group) is 1. The van der Waals surface area contributed by atoms with E-state index in [2.05, 4.69) is 20.9 Å². The third-order valence-electron chi connectivity index (χ3n) is 2.56. The average molecular weight is 324 g/mol. The van der Waals surface area contributed by atoms with Crippen LogP contribution in [0.5, 0.6) is 5.75 Å². The van der Waals surface area contributed by atoms with Gasteiger partial charge in [-0.2, -0.15) is 0 Å². The third kappa shape index (κ3) is 3.82. The number of hydrogen-bond donors (Lipinski definition) is 0. The van der Waals surface area contributed by atoms with Gasteiger partial charge in [0.25, 0.3) is 0 Å². The van der Waals surface area contributed by atoms with E-state index in [1.165, 1.54) is 10.9 Å². The van der Waals surface area contributed by atoms with Gasteiger partial charge in [0.1, 0.15) is 18.7 Å². The Bertz CT molecular complexity index is 525. The maximum Gasteiger partial charge on any atom is 0.329 e. The number of carbonyl (C=O) groups excluding carboxylic acids is 1. The molecule has 2 rings (SSSR count). The lowest BCUT2D eigenvalue weighted by Crippen LogP contribution is -2.33. The molecule has 0 saturated carbocycles. The summed E-state index contributed by atoms with van der Waals surface area (Å²) in [6.45, 7) is 0.950. The first-order valence-electron chi connectivity index (χ1n) is 5.78. The molecule has 0 fully saturated rings. The predicted molar refractivity (Wildman–Crippen MR) is 75.3 cm³/mol. The Labute approximate surface area is 119 Å². The van der Waals surface area contributed by atoms with Crippen LogP contribution in [-0.2, 0) is 0 Å². The molecule has 0 bridgehead atoms. The van der Waals surface area contributed by atoms with Crippen molar-refractivity contribution in [3.63, 3.8) is 0 Å². The molecular weight excluding hydrogens is 310 g/mol. The summed E-state index contributed by atoms with van der Waals surface area (Å²) in [5.74, 6) is 0.784. The highest BCUT2D eigenvalue weighted by Gasteiger charge is 2.09. The van der Waals surface area contributed by atoms with Crippen molar-refractivity contribution < 1.29 is 9.53 Å². The zero-order valence-corrected chi connectivity index (χ0v) is 12.1. The van der Waals surface area contributed by atoms with E-state index in [1.54, 1.807) is 24.3 Å². The van der Waals surface area contributed by atoms with Crippen LogP contribution >= 0.6 is 15.9 Å². The van der Waals surface area contributed by atoms with Crippen LogP contribution in [0, 0.1) is 0 Å². The van der Waals surface area contributed by atoms with Gasteiger partial charge in [0, 0.05) is 23.9 Å². The molecule has 0 N–H and O–H groups in total. The third-order valence-corrected chi connectivity index (χ3v) is 3.09. The molecule has 0 aliphatic rings. The molecule has 5 nitrogen and oxygen atoms in total. The first kappa shape index (κ1) is 13.6. The SMILES string of the molecule is CN(CCOc1ccc(Br)cc1)C(=O)n1ccnc1. The molecule has 0 saturated heterocycles. The van der Waals surface area contributed by atoms with Crippen molar-refractivity contribution in [2.75, 3.05) is 20.2 Å². The normalized spacial score (nSPS) is 10.2. The molecule has 1 aromatic carbocycles. The average Bonchev–Trinajstić information content (AvgIpc) is 2.94. The van der Waals surface area contributed by atoms with Gasteiger partial charge in [-0.25, -0.2) is 9.78 Å². The summed E-state index contributed by atoms with van der Waals surface area (Å²) in [5, 5.41) is 0. The molecule has 1 amide bonds. The number of hydrogen-bond acceptors (Lipinski definition) is 3. The van der Waals surface area contributed by atoms with E-state index >= 15 is 0 Å². The van der Waals surface area contributed by atoms with E-state index in [1.807, 2.05) is 24.3 Å². The van der Waals surface area contributed by atoms with Crippen molar-refractivity contribution >= 4 is 22.0 Å². The van der Waals surface area contributed by atoms with Gasteiger partial charge in [-0.1, -0.05) is 15.9 Å². The molecule has 0 unspecified atom stereocenters. The molecule has 2 aromatic rings. The van der Waals surface area contributed by atoms with Crippen LogP contribution in [0.2, 0.25) is 0 Å². The predicted octanol–water partition coefficient (Wildman–Crippen LogP) is 2.62. The highest BCUT2D eigenvalue weighted by Crippen LogP contribution is 2.15. The Morgan fingerprint density at radius 2 is 2.16 bits per heavy atom. The van der Waals surface area contributed by atoms with E-state index in [0.29, 0.717) is 13.2 Å². The highest BCUT2D eigenvalue weighted by molar-refractivity contribution is 9.10. The molecule has 1 aromatic heterocycles. The number of aromatic nitrogens is 2. The van der Waals surface area contributed by atoms with Crippen LogP contribution in [-0.4, -0.2) is 40.7 Å². The molecule has 0 atom stereocenters. The molecule has 0 aliphatic carbocycles. The summed E-state index contributed by atoms with van der Waals surface area (Å²) in [6, 6.07) is 7.45. The van der Waals surface area contributed by atoms with Crippen LogP contribution in [0.15, 0.2) is 47.5 Å². The fraction of sp³-hybridized carbons (Fsp3) is 0.231. The van der Waals surface area contributed by atoms with Gasteiger partial charge in [0.15, 0.2) is 0 Å². The summed E-state index contributed by atoms with van der Waals surface area (Å²) in [5.41, 5.74) is 0. The lowest BCUT2D eigenvalue weighted by atomic mass is 10.3. The second-order valence-corrected chi connectivity index (χ2v) is 4.89. The smallest absolute Gasteiger partial charge is 0.329 e. The number of benzene rings is 1. The van der Waals surface area contributed by atoms with Crippen molar-refractivity contribution in [1.82, 2.24) is 14.5 Å². The number of carbonyl (C=O) groups is 1. The Hall–Kier alpha value is -1.82. The van der Waals surface area contributed by atoms with Crippen LogP contribution < -0.4 is 4.74 Å². The number of imidazole rings is 1. The number of ether oxygens (including phenoxy) is 1. The summed E-state index contributed by atoms with van der Waals surface area (Å²) in [4.78, 5) is 17.3. The van der Waals surface area contributed by atoms with Crippen molar-refractivity contribution in [2.24, 2.45) is 0 Å². The zero-order chi connectivity index (χ0) is 13.7. The second-order valence-electron chi connectivity index (χ2n) is 3.98. The molecule has 0 spiro atoms. The van der Waals surface area contributed by atoms with Crippen LogP contribution in [0.4, 0.5) is 4.79 Å². The summed E-state index contributed by atoms with van der Waals surface area (Å²) < 4.78 is 8.00. The van der Waals surface area contributed by atoms with Gasteiger partial charge in [0.2, 0.25) is 0 Å². The largest absolute Gasteiger partial charge is 0.492 e. The minimum Gasteiger partial charge on any atom is -0.492 e. The van der Waals surface area contributed by atoms with Crippen molar-refractivity contribution in [2.45, 2.75) is 0 Å². The Kier molecular flexibility index (Phi) is 4.57. The molecule has 1 heterocycles. The standard InChI is InChI=1S/C13H14BrN3O2/c1-16(13(18)17-7-6-15-10-17)8-9-19-12-4-2-11(14)3-5-12/h2-7,10H,8-9H2,1H3. The molecule has 0 aliphatic heterocycles. The van der Waals surface area contributed by atoms with Gasteiger partial charge < -0.3 is 9.64 Å². The fourth-order valence-corrected chi connectivity index (χ4v) is 1.76. The minimum atomic E-state index is -0.128. The first-order chi connectivity index (χ1) is 9.16. The summed E-state index contributed by atoms with van der Waals surface area (Å²) in [7, 11) is 1.73. The van der Waals surface area contributed by atoms with Gasteiger partial charge in [-0.15, -0.1) is 0 Å². The van der Waals surface area contributed by atoms with Gasteiger partial charge in [0.05, 0.1) is 6.54 Å². The minimum absolute atomic E-state index is 0.128. The van der Waals surface area contributed by atoms with E-state index in [9.17, 15) is 4.79 Å². The lowest BCUT2D eigenvalue weighted by molar-refractivity contribution is 0.197. The maximum absolute atomic E-state index is 11.9. The molecule has 6 heteroatoms. The van der Waals surface area contributed by atoms with E-state index < -0.39 is 0 Å². The molecular formula is C13H14BrN3O2. The summed E-state index contributed by atoms with van der Waals surface area (Å²) in [6.07, 6.45) is 4.67. The highest BCUT2D eigenvalue weighted by atomic mass is 79.9. The monoisotopic (exact) mass is 323 g/mol. The topological polar surface area (TPSA) is 47.4 Å². The van der Waals surface area contributed by atoms with E-state index in [-0.39, 0.29) is 6.03 Å². The second kappa shape index (κ2) is 6.38. The van der Waals surface area contributed by atoms with E-state index in [0.717, 1.165) is 10.2 Å². The van der Waals surface area contributed by atoms with Crippen molar-refractivity contribution in [3.8, 4) is 5.75 Å². The molecule has 100 valence electrons. The van der Waals surface area contributed by atoms with Gasteiger partial charge >= 0.3 is 6.03 Å². The van der Waals surface area contributed by atoms with Crippen molar-refractivity contribution in [1.29, 1.82) is 0 Å². The zero-order valence-electron chi connectivity index (χ0n) is 10.5. The van der Waals surface area contributed by atoms with Gasteiger partial charge in [-0.05, 0) is 24.3 Å². The molecule has 19 heavy (non-hydrogen) atoms. The van der Waals surface area contributed by atoms with Crippen LogP contribution in [0.1, 0.15) is 0 Å². The van der Waals surface area contributed by atoms with Gasteiger partial charge in [-0.3, -0.25) is 4.57 Å². The lowest BCUT2D eigenvalue weighted by Gasteiger charge is -2.17. The van der Waals surface area contributed by atoms with E-state index in [4.69, 9.17) is 4.74 Å². The fourth-order valence-electron chi connectivity index (χ4n) is 1.50. The number of nitrogens with zero attached hydrogens (tertiary/aromatic N) is 3. The van der Waals surface area contributed by atoms with Crippen molar-refractivity contribution in [3.05, 3.63) is 47.5 Å². The van der Waals surface area contributed by atoms with Crippen LogP contribution in [0.3, 0.4) is 0 Å². The Balaban J connectivity index is 1.79. The first-order valence-corrected chi connectivity index (χ1v) is 6.58.